The molecule has 40 heavy (non-hydrogen) atoms. The summed E-state index contributed by atoms with van der Waals surface area (Å²) in [5, 5.41) is 11.4. The van der Waals surface area contributed by atoms with Gasteiger partial charge < -0.3 is 24.8 Å². The quantitative estimate of drug-likeness (QED) is 0.540. The van der Waals surface area contributed by atoms with E-state index in [4.69, 9.17) is 16.3 Å². The van der Waals surface area contributed by atoms with E-state index in [1.165, 1.54) is 24.6 Å². The monoisotopic (exact) mass is 571 g/mol. The minimum Gasteiger partial charge on any atom is -0.434 e. The highest BCUT2D eigenvalue weighted by molar-refractivity contribution is 6.28. The Labute approximate surface area is 238 Å². The van der Waals surface area contributed by atoms with Crippen molar-refractivity contribution in [2.75, 3.05) is 44.2 Å². The Morgan fingerprint density at radius 3 is 2.62 bits per heavy atom. The predicted octanol–water partition coefficient (Wildman–Crippen LogP) is 3.36. The number of amides is 2. The summed E-state index contributed by atoms with van der Waals surface area (Å²) in [6.45, 7) is 10.1. The van der Waals surface area contributed by atoms with Crippen molar-refractivity contribution in [2.45, 2.75) is 52.1 Å². The number of likely N-dealkylation sites (tertiary alicyclic amines) is 1. The van der Waals surface area contributed by atoms with Gasteiger partial charge in [-0.3, -0.25) is 9.59 Å². The van der Waals surface area contributed by atoms with Crippen LogP contribution in [-0.2, 0) is 4.79 Å². The number of benzene rings is 1. The van der Waals surface area contributed by atoms with Crippen molar-refractivity contribution in [1.29, 1.82) is 0 Å². The third kappa shape index (κ3) is 4.98. The first-order valence-corrected chi connectivity index (χ1v) is 14.5. The van der Waals surface area contributed by atoms with Crippen molar-refractivity contribution < 1.29 is 18.7 Å². The van der Waals surface area contributed by atoms with Crippen LogP contribution in [0.4, 0.5) is 10.2 Å². The fraction of sp³-hybridized carbons (Fsp3) is 0.607. The molecule has 6 rings (SSSR count). The number of carbonyl (C=O) groups is 2. The van der Waals surface area contributed by atoms with Crippen LogP contribution in [0.3, 0.4) is 0 Å². The summed E-state index contributed by atoms with van der Waals surface area (Å²) < 4.78 is 20.3. The topological polar surface area (TPSA) is 104 Å². The molecule has 10 nitrogen and oxygen atoms in total. The van der Waals surface area contributed by atoms with Gasteiger partial charge >= 0.3 is 0 Å². The molecule has 0 radical (unpaired) electrons. The molecule has 12 heteroatoms. The summed E-state index contributed by atoms with van der Waals surface area (Å²) in [6, 6.07) is 3.77. The lowest BCUT2D eigenvalue weighted by atomic mass is 9.72. The van der Waals surface area contributed by atoms with Crippen molar-refractivity contribution in [3.05, 3.63) is 34.9 Å². The molecule has 214 valence electrons. The van der Waals surface area contributed by atoms with Gasteiger partial charge in [-0.1, -0.05) is 0 Å². The maximum absolute atomic E-state index is 14.2. The molecule has 3 aliphatic heterocycles. The van der Waals surface area contributed by atoms with Crippen LogP contribution < -0.4 is 15.0 Å². The van der Waals surface area contributed by atoms with E-state index in [9.17, 15) is 14.0 Å². The molecule has 1 aliphatic carbocycles. The van der Waals surface area contributed by atoms with Crippen LogP contribution in [0.5, 0.6) is 11.6 Å². The third-order valence-corrected chi connectivity index (χ3v) is 9.14. The van der Waals surface area contributed by atoms with E-state index in [1.54, 1.807) is 4.90 Å². The molecule has 1 spiro atoms. The van der Waals surface area contributed by atoms with Gasteiger partial charge in [-0.25, -0.2) is 4.39 Å². The number of hydrogen-bond donors (Lipinski definition) is 1. The number of anilines is 1. The molecule has 1 aromatic carbocycles. The second-order valence-electron chi connectivity index (χ2n) is 11.9. The van der Waals surface area contributed by atoms with Crippen LogP contribution in [0.25, 0.3) is 0 Å². The van der Waals surface area contributed by atoms with Crippen LogP contribution >= 0.6 is 11.6 Å². The molecular formula is C28H35ClFN7O3. The molecule has 0 unspecified atom stereocenters. The minimum atomic E-state index is -0.536. The lowest BCUT2D eigenvalue weighted by Gasteiger charge is -2.54. The SMILES string of the molecule is CCN(C(=O)c1cc(F)ccc1Oc1nnc(Cl)nc1N1CC2(CCN(C(=O)[C@H]3NC[C@@H]4C[C@@H]43)CC2)C1)C(C)C. The van der Waals surface area contributed by atoms with Crippen molar-refractivity contribution in [2.24, 2.45) is 17.3 Å². The second kappa shape index (κ2) is 10.4. The van der Waals surface area contributed by atoms with Gasteiger partial charge in [0, 0.05) is 44.2 Å². The highest BCUT2D eigenvalue weighted by Crippen LogP contribution is 2.47. The average Bonchev–Trinajstić information content (AvgIpc) is 3.58. The number of nitrogens with zero attached hydrogens (tertiary/aromatic N) is 6. The van der Waals surface area contributed by atoms with E-state index in [-0.39, 0.29) is 51.8 Å². The molecule has 3 saturated heterocycles. The van der Waals surface area contributed by atoms with Gasteiger partial charge in [0.1, 0.15) is 11.6 Å². The molecule has 1 aromatic heterocycles. The van der Waals surface area contributed by atoms with E-state index in [0.29, 0.717) is 24.2 Å². The Morgan fingerprint density at radius 2 is 2.00 bits per heavy atom. The third-order valence-electron chi connectivity index (χ3n) is 8.98. The molecule has 3 atom stereocenters. The molecule has 1 saturated carbocycles. The van der Waals surface area contributed by atoms with Gasteiger partial charge in [-0.15, -0.1) is 10.2 Å². The molecule has 2 aromatic rings. The lowest BCUT2D eigenvalue weighted by Crippen LogP contribution is -2.62. The van der Waals surface area contributed by atoms with Gasteiger partial charge in [0.25, 0.3) is 11.8 Å². The summed E-state index contributed by atoms with van der Waals surface area (Å²) in [7, 11) is 0. The first kappa shape index (κ1) is 27.1. The summed E-state index contributed by atoms with van der Waals surface area (Å²) in [5.74, 6) is 1.31. The van der Waals surface area contributed by atoms with Gasteiger partial charge in [-0.2, -0.15) is 4.98 Å². The number of hydrogen-bond acceptors (Lipinski definition) is 8. The smallest absolute Gasteiger partial charge is 0.282 e. The number of nitrogens with one attached hydrogen (secondary N) is 1. The van der Waals surface area contributed by atoms with Gasteiger partial charge in [-0.05, 0) is 88.2 Å². The molecule has 4 fully saturated rings. The van der Waals surface area contributed by atoms with Crippen molar-refractivity contribution in [3.63, 3.8) is 0 Å². The Balaban J connectivity index is 1.15. The zero-order valence-electron chi connectivity index (χ0n) is 23.1. The molecule has 4 aliphatic rings. The highest BCUT2D eigenvalue weighted by atomic mass is 35.5. The van der Waals surface area contributed by atoms with Crippen molar-refractivity contribution >= 4 is 29.2 Å². The number of halogens is 2. The summed E-state index contributed by atoms with van der Waals surface area (Å²) in [6.07, 6.45) is 3.01. The molecular weight excluding hydrogens is 537 g/mol. The Morgan fingerprint density at radius 1 is 1.25 bits per heavy atom. The van der Waals surface area contributed by atoms with Crippen LogP contribution in [0.15, 0.2) is 18.2 Å². The summed E-state index contributed by atoms with van der Waals surface area (Å²) in [4.78, 5) is 36.4. The van der Waals surface area contributed by atoms with E-state index >= 15 is 0 Å². The summed E-state index contributed by atoms with van der Waals surface area (Å²) >= 11 is 6.12. The average molecular weight is 572 g/mol. The maximum atomic E-state index is 14.2. The molecule has 2 amide bonds. The van der Waals surface area contributed by atoms with E-state index in [1.807, 2.05) is 30.6 Å². The second-order valence-corrected chi connectivity index (χ2v) is 12.2. The minimum absolute atomic E-state index is 0.000871. The number of aromatic nitrogens is 3. The fourth-order valence-electron chi connectivity index (χ4n) is 6.56. The van der Waals surface area contributed by atoms with Gasteiger partial charge in [0.05, 0.1) is 11.6 Å². The van der Waals surface area contributed by atoms with Crippen LogP contribution in [0.1, 0.15) is 50.4 Å². The zero-order valence-corrected chi connectivity index (χ0v) is 23.8. The fourth-order valence-corrected chi connectivity index (χ4v) is 6.68. The Bertz CT molecular complexity index is 1310. The molecule has 4 heterocycles. The first-order chi connectivity index (χ1) is 19.2. The largest absolute Gasteiger partial charge is 0.434 e. The standard InChI is InChI=1S/C28H35ClFN7O3/c1-4-37(16(2)3)25(38)20-12-18(30)5-6-21(20)40-24-23(32-27(29)34-33-24)36-14-28(15-36)7-9-35(10-8-28)26(39)22-19-11-17(19)13-31-22/h5-6,12,16-17,19,22,31H,4,7-11,13-15H2,1-3H3/t17-,19-,22-/m0/s1. The Hall–Kier alpha value is -3.05. The lowest BCUT2D eigenvalue weighted by molar-refractivity contribution is -0.136. The number of fused-ring (bicyclic) bond motifs is 1. The first-order valence-electron chi connectivity index (χ1n) is 14.1. The number of piperidine rings is 2. The molecule has 0 bridgehead atoms. The van der Waals surface area contributed by atoms with Crippen LogP contribution in [0.2, 0.25) is 5.28 Å². The number of carbonyl (C=O) groups excluding carboxylic acids is 2. The van der Waals surface area contributed by atoms with Crippen LogP contribution in [0, 0.1) is 23.1 Å². The van der Waals surface area contributed by atoms with Crippen molar-refractivity contribution in [1.82, 2.24) is 30.3 Å². The Kier molecular flexibility index (Phi) is 7.06. The van der Waals surface area contributed by atoms with Crippen molar-refractivity contribution in [3.8, 4) is 11.6 Å². The predicted molar refractivity (Wildman–Crippen MR) is 147 cm³/mol. The van der Waals surface area contributed by atoms with E-state index < -0.39 is 5.82 Å². The van der Waals surface area contributed by atoms with Crippen LogP contribution in [-0.4, -0.2) is 88.1 Å². The summed E-state index contributed by atoms with van der Waals surface area (Å²) in [5.41, 5.74) is 0.178. The van der Waals surface area contributed by atoms with Gasteiger partial charge in [0.2, 0.25) is 11.2 Å². The number of rotatable bonds is 7. The highest BCUT2D eigenvalue weighted by Gasteiger charge is 2.53. The van der Waals surface area contributed by atoms with E-state index in [2.05, 4.69) is 20.5 Å². The number of ether oxygens (including phenoxy) is 1. The molecule has 1 N–H and O–H groups in total. The van der Waals surface area contributed by atoms with Gasteiger partial charge in [0.15, 0.2) is 5.82 Å². The normalized spacial score (nSPS) is 24.6. The zero-order chi connectivity index (χ0) is 28.2. The maximum Gasteiger partial charge on any atom is 0.282 e. The van der Waals surface area contributed by atoms with E-state index in [0.717, 1.165) is 45.6 Å².